The third-order valence-electron chi connectivity index (χ3n) is 6.30. The van der Waals surface area contributed by atoms with E-state index in [9.17, 15) is 8.42 Å². The zero-order valence-electron chi connectivity index (χ0n) is 17.8. The molecule has 0 aliphatic carbocycles. The summed E-state index contributed by atoms with van der Waals surface area (Å²) in [6.45, 7) is 6.33. The maximum atomic E-state index is 11.8. The molecule has 1 unspecified atom stereocenters. The van der Waals surface area contributed by atoms with Gasteiger partial charge in [-0.1, -0.05) is 0 Å². The molecule has 0 N–H and O–H groups in total. The molecule has 3 aliphatic rings. The summed E-state index contributed by atoms with van der Waals surface area (Å²) in [5.41, 5.74) is 1.69. The second kappa shape index (κ2) is 7.99. The lowest BCUT2D eigenvalue weighted by atomic mass is 10.2. The predicted molar refractivity (Wildman–Crippen MR) is 113 cm³/mol. The maximum absolute atomic E-state index is 11.8. The number of fused-ring (bicyclic) bond motifs is 1. The molecule has 9 nitrogen and oxygen atoms in total. The molecule has 3 aliphatic heterocycles. The topological polar surface area (TPSA) is 94.3 Å². The van der Waals surface area contributed by atoms with Gasteiger partial charge in [-0.3, -0.25) is 9.80 Å². The molecule has 1 aromatic carbocycles. The third-order valence-corrected chi connectivity index (χ3v) is 8.05. The lowest BCUT2D eigenvalue weighted by Gasteiger charge is -2.37. The van der Waals surface area contributed by atoms with Crippen LogP contribution in [0.1, 0.15) is 17.9 Å². The second-order valence-electron chi connectivity index (χ2n) is 8.30. The highest BCUT2D eigenvalue weighted by Gasteiger charge is 2.34. The van der Waals surface area contributed by atoms with Crippen molar-refractivity contribution in [1.82, 2.24) is 14.8 Å². The summed E-state index contributed by atoms with van der Waals surface area (Å²) >= 11 is 0. The van der Waals surface area contributed by atoms with Crippen LogP contribution in [-0.2, 0) is 16.4 Å². The van der Waals surface area contributed by atoms with Gasteiger partial charge in [0.25, 0.3) is 0 Å². The molecule has 168 valence electrons. The first-order chi connectivity index (χ1) is 14.9. The Hall–Kier alpha value is -2.30. The fraction of sp³-hybridized carbons (Fsp3) is 0.571. The summed E-state index contributed by atoms with van der Waals surface area (Å²) in [5.74, 6) is 3.75. The zero-order valence-corrected chi connectivity index (χ0v) is 18.6. The molecule has 10 heteroatoms. The van der Waals surface area contributed by atoms with E-state index in [1.54, 1.807) is 7.11 Å². The van der Waals surface area contributed by atoms with E-state index in [-0.39, 0.29) is 12.8 Å². The van der Waals surface area contributed by atoms with Gasteiger partial charge < -0.3 is 18.6 Å². The third kappa shape index (κ3) is 4.11. The standard InChI is InChI=1S/C21H27N3O6S/c1-14-17(11-23-4-6-24(7-5-23)16-3-8-31(25,26)12-16)22-21(30-14)15-9-18(27-2)20-19(10-15)28-13-29-20/h9-10,16H,3-8,11-13H2,1-2H3. The van der Waals surface area contributed by atoms with Crippen LogP contribution in [0.5, 0.6) is 17.2 Å². The lowest BCUT2D eigenvalue weighted by molar-refractivity contribution is 0.0990. The number of sulfone groups is 1. The minimum Gasteiger partial charge on any atom is -0.493 e. The number of piperazine rings is 1. The van der Waals surface area contributed by atoms with Crippen LogP contribution in [-0.4, -0.2) is 80.8 Å². The first-order valence-electron chi connectivity index (χ1n) is 10.5. The summed E-state index contributed by atoms with van der Waals surface area (Å²) in [6.07, 6.45) is 0.757. The molecule has 31 heavy (non-hydrogen) atoms. The molecular weight excluding hydrogens is 422 g/mol. The van der Waals surface area contributed by atoms with Crippen LogP contribution in [0.2, 0.25) is 0 Å². The van der Waals surface area contributed by atoms with Gasteiger partial charge in [0.1, 0.15) is 5.76 Å². The van der Waals surface area contributed by atoms with Crippen LogP contribution in [0, 0.1) is 6.92 Å². The van der Waals surface area contributed by atoms with Crippen molar-refractivity contribution >= 4 is 9.84 Å². The number of ether oxygens (including phenoxy) is 3. The SMILES string of the molecule is COc1cc(-c2nc(CN3CCN(C4CCS(=O)(=O)C4)CC3)c(C)o2)cc2c1OCO2. The van der Waals surface area contributed by atoms with Crippen molar-refractivity contribution < 1.29 is 27.0 Å². The highest BCUT2D eigenvalue weighted by atomic mass is 32.2. The van der Waals surface area contributed by atoms with Gasteiger partial charge in [0.2, 0.25) is 18.4 Å². The molecule has 1 aromatic heterocycles. The highest BCUT2D eigenvalue weighted by molar-refractivity contribution is 7.91. The number of benzene rings is 1. The van der Waals surface area contributed by atoms with Gasteiger partial charge in [-0.25, -0.2) is 13.4 Å². The molecule has 4 heterocycles. The van der Waals surface area contributed by atoms with Crippen LogP contribution in [0.3, 0.4) is 0 Å². The molecule has 0 spiro atoms. The average molecular weight is 450 g/mol. The smallest absolute Gasteiger partial charge is 0.231 e. The maximum Gasteiger partial charge on any atom is 0.231 e. The van der Waals surface area contributed by atoms with E-state index in [4.69, 9.17) is 23.6 Å². The van der Waals surface area contributed by atoms with Crippen molar-refractivity contribution in [1.29, 1.82) is 0 Å². The number of aromatic nitrogens is 1. The number of methoxy groups -OCH3 is 1. The summed E-state index contributed by atoms with van der Waals surface area (Å²) < 4.78 is 45.9. The van der Waals surface area contributed by atoms with Crippen LogP contribution < -0.4 is 14.2 Å². The lowest BCUT2D eigenvalue weighted by Crippen LogP contribution is -2.50. The van der Waals surface area contributed by atoms with Gasteiger partial charge in [-0.2, -0.15) is 0 Å². The quantitative estimate of drug-likeness (QED) is 0.676. The molecule has 0 radical (unpaired) electrons. The molecule has 2 fully saturated rings. The van der Waals surface area contributed by atoms with Crippen LogP contribution >= 0.6 is 0 Å². The van der Waals surface area contributed by atoms with Crippen LogP contribution in [0.25, 0.3) is 11.5 Å². The van der Waals surface area contributed by atoms with Crippen LogP contribution in [0.4, 0.5) is 0 Å². The van der Waals surface area contributed by atoms with E-state index in [1.165, 1.54) is 0 Å². The zero-order chi connectivity index (χ0) is 21.6. The van der Waals surface area contributed by atoms with E-state index in [0.717, 1.165) is 49.6 Å². The van der Waals surface area contributed by atoms with Crippen LogP contribution in [0.15, 0.2) is 16.5 Å². The fourth-order valence-corrected chi connectivity index (χ4v) is 6.27. The van der Waals surface area contributed by atoms with Crippen molar-refractivity contribution in [3.8, 4) is 28.7 Å². The molecule has 2 saturated heterocycles. The van der Waals surface area contributed by atoms with Gasteiger partial charge in [0.05, 0.1) is 24.3 Å². The largest absolute Gasteiger partial charge is 0.493 e. The minimum absolute atomic E-state index is 0.170. The predicted octanol–water partition coefficient (Wildman–Crippen LogP) is 1.69. The van der Waals surface area contributed by atoms with E-state index in [0.29, 0.717) is 41.2 Å². The van der Waals surface area contributed by atoms with Crippen molar-refractivity contribution in [3.05, 3.63) is 23.6 Å². The summed E-state index contributed by atoms with van der Waals surface area (Å²) in [5, 5.41) is 0. The number of aryl methyl sites for hydroxylation is 1. The Morgan fingerprint density at radius 2 is 2.00 bits per heavy atom. The van der Waals surface area contributed by atoms with E-state index in [1.807, 2.05) is 19.1 Å². The van der Waals surface area contributed by atoms with Gasteiger partial charge >= 0.3 is 0 Å². The monoisotopic (exact) mass is 449 g/mol. The first-order valence-corrected chi connectivity index (χ1v) is 12.3. The van der Waals surface area contributed by atoms with Crippen molar-refractivity contribution in [2.24, 2.45) is 0 Å². The minimum atomic E-state index is -2.85. The van der Waals surface area contributed by atoms with Gasteiger partial charge in [0.15, 0.2) is 21.3 Å². The Labute approximate surface area is 181 Å². The van der Waals surface area contributed by atoms with Crippen molar-refractivity contribution in [2.75, 3.05) is 51.6 Å². The number of nitrogens with zero attached hydrogens (tertiary/aromatic N) is 3. The first kappa shape index (κ1) is 20.6. The molecule has 2 aromatic rings. The summed E-state index contributed by atoms with van der Waals surface area (Å²) in [6, 6.07) is 3.87. The Bertz CT molecular complexity index is 1080. The molecule has 1 atom stereocenters. The molecule has 0 amide bonds. The molecule has 0 bridgehead atoms. The van der Waals surface area contributed by atoms with Gasteiger partial charge in [-0.15, -0.1) is 0 Å². The second-order valence-corrected chi connectivity index (χ2v) is 10.5. The number of oxazole rings is 1. The molecule has 0 saturated carbocycles. The fourth-order valence-electron chi connectivity index (χ4n) is 4.51. The highest BCUT2D eigenvalue weighted by Crippen LogP contribution is 2.44. The van der Waals surface area contributed by atoms with E-state index in [2.05, 4.69) is 9.80 Å². The van der Waals surface area contributed by atoms with Crippen molar-refractivity contribution in [3.63, 3.8) is 0 Å². The Balaban J connectivity index is 1.25. The number of hydrogen-bond donors (Lipinski definition) is 0. The Kier molecular flexibility index (Phi) is 5.31. The Morgan fingerprint density at radius 1 is 1.19 bits per heavy atom. The molecule has 5 rings (SSSR count). The Morgan fingerprint density at radius 3 is 2.71 bits per heavy atom. The normalized spacial score (nSPS) is 23.4. The summed E-state index contributed by atoms with van der Waals surface area (Å²) in [7, 11) is -1.26. The van der Waals surface area contributed by atoms with E-state index >= 15 is 0 Å². The van der Waals surface area contributed by atoms with Crippen molar-refractivity contribution in [2.45, 2.75) is 25.9 Å². The summed E-state index contributed by atoms with van der Waals surface area (Å²) in [4.78, 5) is 9.40. The molecular formula is C21H27N3O6S. The van der Waals surface area contributed by atoms with E-state index < -0.39 is 9.84 Å². The van der Waals surface area contributed by atoms with Gasteiger partial charge in [-0.05, 0) is 25.5 Å². The average Bonchev–Trinajstić information content (AvgIpc) is 3.46. The number of hydrogen-bond acceptors (Lipinski definition) is 9. The number of rotatable bonds is 5. The van der Waals surface area contributed by atoms with Gasteiger partial charge in [0, 0.05) is 44.3 Å².